The van der Waals surface area contributed by atoms with Crippen LogP contribution >= 0.6 is 0 Å². The summed E-state index contributed by atoms with van der Waals surface area (Å²) in [5, 5.41) is 8.96. The summed E-state index contributed by atoms with van der Waals surface area (Å²) in [5.41, 5.74) is 1.03. The third-order valence-corrected chi connectivity index (χ3v) is 4.48. The summed E-state index contributed by atoms with van der Waals surface area (Å²) in [6.07, 6.45) is 0. The Labute approximate surface area is 156 Å². The van der Waals surface area contributed by atoms with E-state index in [9.17, 15) is 14.0 Å². The Balaban J connectivity index is 1.68. The van der Waals surface area contributed by atoms with Crippen molar-refractivity contribution in [3.8, 4) is 11.8 Å². The molecule has 1 saturated heterocycles. The van der Waals surface area contributed by atoms with Gasteiger partial charge in [0.15, 0.2) is 0 Å². The number of rotatable bonds is 3. The molecule has 0 aliphatic carbocycles. The second kappa shape index (κ2) is 7.87. The van der Waals surface area contributed by atoms with Gasteiger partial charge in [0.05, 0.1) is 24.3 Å². The summed E-state index contributed by atoms with van der Waals surface area (Å²) < 4.78 is 18.7. The van der Waals surface area contributed by atoms with Gasteiger partial charge in [-0.15, -0.1) is 0 Å². The molecule has 0 spiro atoms. The van der Waals surface area contributed by atoms with Crippen LogP contribution in [0.5, 0.6) is 5.75 Å². The molecule has 27 heavy (non-hydrogen) atoms. The highest BCUT2D eigenvalue weighted by molar-refractivity contribution is 5.97. The maximum Gasteiger partial charge on any atom is 0.257 e. The van der Waals surface area contributed by atoms with Crippen LogP contribution < -0.4 is 4.74 Å². The van der Waals surface area contributed by atoms with Gasteiger partial charge in [0.2, 0.25) is 0 Å². The SMILES string of the molecule is COc1ccc(F)cc1C(=O)N1CCN(C(=O)c2cccc(C#N)c2)CC1. The third-order valence-electron chi connectivity index (χ3n) is 4.48. The lowest BCUT2D eigenvalue weighted by atomic mass is 10.1. The van der Waals surface area contributed by atoms with E-state index in [4.69, 9.17) is 10.00 Å². The Morgan fingerprint density at radius 2 is 1.70 bits per heavy atom. The van der Waals surface area contributed by atoms with Gasteiger partial charge in [-0.05, 0) is 36.4 Å². The zero-order chi connectivity index (χ0) is 19.4. The highest BCUT2D eigenvalue weighted by atomic mass is 19.1. The number of amides is 2. The Hall–Kier alpha value is -3.40. The minimum Gasteiger partial charge on any atom is -0.496 e. The fourth-order valence-corrected chi connectivity index (χ4v) is 3.03. The molecule has 0 unspecified atom stereocenters. The average molecular weight is 367 g/mol. The predicted octanol–water partition coefficient (Wildman–Crippen LogP) is 2.30. The van der Waals surface area contributed by atoms with Crippen molar-refractivity contribution >= 4 is 11.8 Å². The number of carbonyl (C=O) groups is 2. The zero-order valence-electron chi connectivity index (χ0n) is 14.8. The highest BCUT2D eigenvalue weighted by Gasteiger charge is 2.27. The van der Waals surface area contributed by atoms with Gasteiger partial charge in [-0.1, -0.05) is 6.07 Å². The number of hydrogen-bond donors (Lipinski definition) is 0. The van der Waals surface area contributed by atoms with E-state index >= 15 is 0 Å². The lowest BCUT2D eigenvalue weighted by molar-refractivity contribution is 0.0533. The first kappa shape index (κ1) is 18.4. The van der Waals surface area contributed by atoms with Crippen LogP contribution in [0.15, 0.2) is 42.5 Å². The maximum atomic E-state index is 13.5. The van der Waals surface area contributed by atoms with Crippen LogP contribution in [0.1, 0.15) is 26.3 Å². The minimum atomic E-state index is -0.509. The van der Waals surface area contributed by atoms with Crippen LogP contribution in [0.3, 0.4) is 0 Å². The second-order valence-corrected chi connectivity index (χ2v) is 6.12. The molecule has 0 saturated carbocycles. The van der Waals surface area contributed by atoms with Crippen LogP contribution in [0, 0.1) is 17.1 Å². The van der Waals surface area contributed by atoms with Gasteiger partial charge in [-0.2, -0.15) is 5.26 Å². The number of ether oxygens (including phenoxy) is 1. The number of hydrogen-bond acceptors (Lipinski definition) is 4. The smallest absolute Gasteiger partial charge is 0.257 e. The van der Waals surface area contributed by atoms with Gasteiger partial charge >= 0.3 is 0 Å². The molecular formula is C20H18FN3O3. The quantitative estimate of drug-likeness (QED) is 0.834. The van der Waals surface area contributed by atoms with Gasteiger partial charge in [0, 0.05) is 31.7 Å². The first-order valence-electron chi connectivity index (χ1n) is 8.45. The molecular weight excluding hydrogens is 349 g/mol. The Morgan fingerprint density at radius 3 is 2.33 bits per heavy atom. The van der Waals surface area contributed by atoms with E-state index in [1.54, 1.807) is 34.1 Å². The summed E-state index contributed by atoms with van der Waals surface area (Å²) in [7, 11) is 1.43. The largest absolute Gasteiger partial charge is 0.496 e. The van der Waals surface area contributed by atoms with Crippen molar-refractivity contribution in [1.29, 1.82) is 5.26 Å². The van der Waals surface area contributed by atoms with Crippen molar-refractivity contribution in [2.75, 3.05) is 33.3 Å². The van der Waals surface area contributed by atoms with E-state index in [-0.39, 0.29) is 17.4 Å². The minimum absolute atomic E-state index is 0.166. The number of nitriles is 1. The van der Waals surface area contributed by atoms with Crippen LogP contribution in [-0.4, -0.2) is 54.9 Å². The molecule has 1 heterocycles. The molecule has 3 rings (SSSR count). The van der Waals surface area contributed by atoms with Crippen LogP contribution in [-0.2, 0) is 0 Å². The molecule has 2 amide bonds. The Morgan fingerprint density at radius 1 is 1.04 bits per heavy atom. The van der Waals surface area contributed by atoms with E-state index in [1.165, 1.54) is 19.2 Å². The normalized spacial score (nSPS) is 13.8. The van der Waals surface area contributed by atoms with Crippen molar-refractivity contribution in [2.24, 2.45) is 0 Å². The number of methoxy groups -OCH3 is 1. The molecule has 1 aliphatic heterocycles. The zero-order valence-corrected chi connectivity index (χ0v) is 14.8. The Bertz CT molecular complexity index is 915. The summed E-state index contributed by atoms with van der Waals surface area (Å²) in [4.78, 5) is 28.5. The monoisotopic (exact) mass is 367 g/mol. The number of nitrogens with zero attached hydrogens (tertiary/aromatic N) is 3. The van der Waals surface area contributed by atoms with Gasteiger partial charge in [0.1, 0.15) is 11.6 Å². The van der Waals surface area contributed by atoms with Crippen molar-refractivity contribution in [2.45, 2.75) is 0 Å². The first-order chi connectivity index (χ1) is 13.0. The van der Waals surface area contributed by atoms with E-state index < -0.39 is 5.82 Å². The molecule has 1 fully saturated rings. The molecule has 0 radical (unpaired) electrons. The number of halogens is 1. The Kier molecular flexibility index (Phi) is 5.36. The van der Waals surface area contributed by atoms with Gasteiger partial charge < -0.3 is 14.5 Å². The van der Waals surface area contributed by atoms with E-state index in [1.807, 2.05) is 6.07 Å². The third kappa shape index (κ3) is 3.90. The molecule has 2 aromatic rings. The molecule has 138 valence electrons. The van der Waals surface area contributed by atoms with E-state index in [0.717, 1.165) is 6.07 Å². The molecule has 0 N–H and O–H groups in total. The standard InChI is InChI=1S/C20H18FN3O3/c1-27-18-6-5-16(21)12-17(18)20(26)24-9-7-23(8-10-24)19(25)15-4-2-3-14(11-15)13-22/h2-6,11-12H,7-10H2,1H3. The average Bonchev–Trinajstić information content (AvgIpc) is 2.72. The molecule has 1 aliphatic rings. The van der Waals surface area contributed by atoms with Crippen LogP contribution in [0.4, 0.5) is 4.39 Å². The van der Waals surface area contributed by atoms with Gasteiger partial charge in [-0.25, -0.2) is 4.39 Å². The lowest BCUT2D eigenvalue weighted by Crippen LogP contribution is -2.50. The molecule has 6 nitrogen and oxygen atoms in total. The number of carbonyl (C=O) groups excluding carboxylic acids is 2. The summed E-state index contributed by atoms with van der Waals surface area (Å²) in [6.45, 7) is 1.39. The summed E-state index contributed by atoms with van der Waals surface area (Å²) in [5.74, 6) is -0.703. The second-order valence-electron chi connectivity index (χ2n) is 6.12. The summed E-state index contributed by atoms with van der Waals surface area (Å²) >= 11 is 0. The highest BCUT2D eigenvalue weighted by Crippen LogP contribution is 2.22. The van der Waals surface area contributed by atoms with Crippen molar-refractivity contribution in [3.63, 3.8) is 0 Å². The lowest BCUT2D eigenvalue weighted by Gasteiger charge is -2.35. The molecule has 0 aromatic heterocycles. The maximum absolute atomic E-state index is 13.5. The summed E-state index contributed by atoms with van der Waals surface area (Å²) in [6, 6.07) is 12.4. The van der Waals surface area contributed by atoms with Crippen LogP contribution in [0.25, 0.3) is 0 Å². The van der Waals surface area contributed by atoms with Gasteiger partial charge in [-0.3, -0.25) is 9.59 Å². The number of benzene rings is 2. The fourth-order valence-electron chi connectivity index (χ4n) is 3.03. The number of piperazine rings is 1. The first-order valence-corrected chi connectivity index (χ1v) is 8.45. The van der Waals surface area contributed by atoms with E-state index in [2.05, 4.69) is 0 Å². The van der Waals surface area contributed by atoms with Crippen molar-refractivity contribution in [3.05, 3.63) is 65.0 Å². The molecule has 2 aromatic carbocycles. The molecule has 0 bridgehead atoms. The van der Waals surface area contributed by atoms with Crippen LogP contribution in [0.2, 0.25) is 0 Å². The van der Waals surface area contributed by atoms with Gasteiger partial charge in [0.25, 0.3) is 11.8 Å². The predicted molar refractivity (Wildman–Crippen MR) is 95.9 cm³/mol. The molecule has 0 atom stereocenters. The van der Waals surface area contributed by atoms with E-state index in [0.29, 0.717) is 43.1 Å². The van der Waals surface area contributed by atoms with Crippen molar-refractivity contribution in [1.82, 2.24) is 9.80 Å². The molecule has 7 heteroatoms. The fraction of sp³-hybridized carbons (Fsp3) is 0.250. The topological polar surface area (TPSA) is 73.6 Å². The van der Waals surface area contributed by atoms with Crippen molar-refractivity contribution < 1.29 is 18.7 Å².